The van der Waals surface area contributed by atoms with Crippen molar-refractivity contribution in [1.29, 1.82) is 0 Å². The Kier molecular flexibility index (Phi) is 6.92. The number of benzene rings is 1. The number of aryl methyl sites for hydroxylation is 2. The maximum Gasteiger partial charge on any atom is 0.240 e. The van der Waals surface area contributed by atoms with Gasteiger partial charge in [-0.3, -0.25) is 14.4 Å². The monoisotopic (exact) mass is 318 g/mol. The predicted octanol–water partition coefficient (Wildman–Crippen LogP) is 1.39. The van der Waals surface area contributed by atoms with Crippen molar-refractivity contribution in [3.05, 3.63) is 29.3 Å². The summed E-state index contributed by atoms with van der Waals surface area (Å²) in [4.78, 5) is 34.1. The molecule has 0 saturated heterocycles. The maximum absolute atomic E-state index is 11.9. The second-order valence-electron chi connectivity index (χ2n) is 5.39. The van der Waals surface area contributed by atoms with Crippen molar-refractivity contribution in [2.45, 2.75) is 40.0 Å². The third-order valence-electron chi connectivity index (χ3n) is 3.05. The van der Waals surface area contributed by atoms with E-state index in [1.807, 2.05) is 32.0 Å². The molecule has 1 rings (SSSR count). The molecule has 4 N–H and O–H groups in total. The topological polar surface area (TPSA) is 114 Å². The Hall–Kier alpha value is -2.70. The molecule has 23 heavy (non-hydrogen) atoms. The number of nitrogens with two attached hydrogens (primary N) is 1. The van der Waals surface area contributed by atoms with Crippen molar-refractivity contribution in [3.8, 4) is 0 Å². The van der Waals surface area contributed by atoms with Crippen LogP contribution < -0.4 is 16.5 Å². The molecule has 0 aliphatic rings. The van der Waals surface area contributed by atoms with Crippen molar-refractivity contribution in [2.24, 2.45) is 10.8 Å². The fourth-order valence-corrected chi connectivity index (χ4v) is 1.82. The molecule has 0 aliphatic heterocycles. The zero-order valence-electron chi connectivity index (χ0n) is 13.6. The van der Waals surface area contributed by atoms with Crippen LogP contribution in [0, 0.1) is 13.8 Å². The first-order chi connectivity index (χ1) is 10.8. The quantitative estimate of drug-likeness (QED) is 0.521. The molecule has 124 valence electrons. The van der Waals surface area contributed by atoms with Gasteiger partial charge in [0.25, 0.3) is 0 Å². The minimum Gasteiger partial charge on any atom is -0.369 e. The van der Waals surface area contributed by atoms with Crippen LogP contribution in [0.15, 0.2) is 23.3 Å². The number of nitrogens with one attached hydrogen (secondary N) is 2. The van der Waals surface area contributed by atoms with E-state index in [0.29, 0.717) is 5.71 Å². The summed E-state index contributed by atoms with van der Waals surface area (Å²) in [5.74, 6) is -1.16. The fraction of sp³-hybridized carbons (Fsp3) is 0.375. The normalized spacial score (nSPS) is 11.0. The van der Waals surface area contributed by atoms with Gasteiger partial charge >= 0.3 is 0 Å². The molecule has 0 fully saturated rings. The molecular formula is C16H22N4O3. The lowest BCUT2D eigenvalue weighted by Gasteiger charge is -2.09. The molecule has 0 aliphatic carbocycles. The van der Waals surface area contributed by atoms with Crippen molar-refractivity contribution in [3.63, 3.8) is 0 Å². The highest BCUT2D eigenvalue weighted by Gasteiger charge is 2.08. The molecule has 0 unspecified atom stereocenters. The first-order valence-electron chi connectivity index (χ1n) is 7.25. The Morgan fingerprint density at radius 2 is 1.78 bits per heavy atom. The Morgan fingerprint density at radius 1 is 1.13 bits per heavy atom. The summed E-state index contributed by atoms with van der Waals surface area (Å²) in [6.07, 6.45) is 0.0288. The summed E-state index contributed by atoms with van der Waals surface area (Å²) in [7, 11) is 0. The van der Waals surface area contributed by atoms with Gasteiger partial charge < -0.3 is 11.1 Å². The molecule has 0 atom stereocenters. The van der Waals surface area contributed by atoms with E-state index in [1.54, 1.807) is 6.92 Å². The van der Waals surface area contributed by atoms with E-state index >= 15 is 0 Å². The zero-order chi connectivity index (χ0) is 17.4. The van der Waals surface area contributed by atoms with Crippen molar-refractivity contribution >= 4 is 29.1 Å². The van der Waals surface area contributed by atoms with Gasteiger partial charge in [0, 0.05) is 24.2 Å². The predicted molar refractivity (Wildman–Crippen MR) is 88.8 cm³/mol. The largest absolute Gasteiger partial charge is 0.369 e. The lowest BCUT2D eigenvalue weighted by Crippen LogP contribution is -2.23. The number of anilines is 1. The number of nitrogens with zero attached hydrogens (tertiary/aromatic N) is 1. The van der Waals surface area contributed by atoms with E-state index in [0.717, 1.165) is 16.8 Å². The van der Waals surface area contributed by atoms with Gasteiger partial charge in [0.15, 0.2) is 0 Å². The molecule has 0 bridgehead atoms. The molecule has 0 radical (unpaired) electrons. The minimum absolute atomic E-state index is 0.00402. The van der Waals surface area contributed by atoms with E-state index in [-0.39, 0.29) is 25.2 Å². The van der Waals surface area contributed by atoms with Crippen LogP contribution in [0.5, 0.6) is 0 Å². The zero-order valence-corrected chi connectivity index (χ0v) is 13.6. The van der Waals surface area contributed by atoms with Gasteiger partial charge in [-0.1, -0.05) is 12.1 Å². The molecule has 0 aromatic heterocycles. The number of primary amides is 1. The number of carbonyl (C=O) groups excluding carboxylic acids is 3. The number of hydrogen-bond donors (Lipinski definition) is 3. The summed E-state index contributed by atoms with van der Waals surface area (Å²) in [6.45, 7) is 5.42. The lowest BCUT2D eigenvalue weighted by molar-refractivity contribution is -0.124. The van der Waals surface area contributed by atoms with Crippen LogP contribution in [-0.2, 0) is 14.4 Å². The van der Waals surface area contributed by atoms with Gasteiger partial charge in [-0.25, -0.2) is 5.43 Å². The van der Waals surface area contributed by atoms with Gasteiger partial charge in [0.05, 0.1) is 6.42 Å². The second kappa shape index (κ2) is 8.67. The van der Waals surface area contributed by atoms with Crippen molar-refractivity contribution in [2.75, 3.05) is 5.32 Å². The van der Waals surface area contributed by atoms with E-state index < -0.39 is 11.8 Å². The van der Waals surface area contributed by atoms with Crippen LogP contribution in [0.2, 0.25) is 0 Å². The summed E-state index contributed by atoms with van der Waals surface area (Å²) >= 11 is 0. The molecule has 0 spiro atoms. The minimum atomic E-state index is -0.520. The second-order valence-corrected chi connectivity index (χ2v) is 5.39. The molecule has 3 amide bonds. The molecular weight excluding hydrogens is 296 g/mol. The first kappa shape index (κ1) is 18.3. The highest BCUT2D eigenvalue weighted by Crippen LogP contribution is 2.16. The highest BCUT2D eigenvalue weighted by molar-refractivity contribution is 5.99. The van der Waals surface area contributed by atoms with Gasteiger partial charge in [0.2, 0.25) is 17.7 Å². The van der Waals surface area contributed by atoms with E-state index in [4.69, 9.17) is 5.73 Å². The van der Waals surface area contributed by atoms with E-state index in [1.165, 1.54) is 0 Å². The summed E-state index contributed by atoms with van der Waals surface area (Å²) < 4.78 is 0. The van der Waals surface area contributed by atoms with Crippen molar-refractivity contribution in [1.82, 2.24) is 5.43 Å². The van der Waals surface area contributed by atoms with Crippen LogP contribution in [0.4, 0.5) is 5.69 Å². The summed E-state index contributed by atoms with van der Waals surface area (Å²) in [6, 6.07) is 5.77. The van der Waals surface area contributed by atoms with Crippen LogP contribution in [-0.4, -0.2) is 23.4 Å². The van der Waals surface area contributed by atoms with Gasteiger partial charge in [-0.05, 0) is 38.0 Å². The number of rotatable bonds is 7. The molecule has 1 aromatic carbocycles. The standard InChI is InChI=1S/C16H22N4O3/c1-10-4-5-11(2)13(8-10)18-15(22)6-7-16(23)20-19-12(3)9-14(17)21/h4-5,8H,6-7,9H2,1-3H3,(H2,17,21)(H,18,22)(H,20,23). The van der Waals surface area contributed by atoms with Gasteiger partial charge in [0.1, 0.15) is 0 Å². The molecule has 7 nitrogen and oxygen atoms in total. The smallest absolute Gasteiger partial charge is 0.240 e. The van der Waals surface area contributed by atoms with Crippen LogP contribution in [0.1, 0.15) is 37.3 Å². The summed E-state index contributed by atoms with van der Waals surface area (Å²) in [5.41, 5.74) is 10.4. The number of hydrogen-bond acceptors (Lipinski definition) is 4. The van der Waals surface area contributed by atoms with Crippen LogP contribution in [0.25, 0.3) is 0 Å². The third kappa shape index (κ3) is 7.21. The molecule has 7 heteroatoms. The van der Waals surface area contributed by atoms with Gasteiger partial charge in [-0.2, -0.15) is 5.10 Å². The molecule has 1 aromatic rings. The van der Waals surface area contributed by atoms with E-state index in [2.05, 4.69) is 15.8 Å². The first-order valence-corrected chi connectivity index (χ1v) is 7.25. The lowest BCUT2D eigenvalue weighted by atomic mass is 10.1. The van der Waals surface area contributed by atoms with E-state index in [9.17, 15) is 14.4 Å². The third-order valence-corrected chi connectivity index (χ3v) is 3.05. The Bertz CT molecular complexity index is 638. The highest BCUT2D eigenvalue weighted by atomic mass is 16.2. The average molecular weight is 318 g/mol. The number of hydrazone groups is 1. The molecule has 0 heterocycles. The number of amides is 3. The van der Waals surface area contributed by atoms with Crippen LogP contribution >= 0.6 is 0 Å². The molecule has 0 saturated carbocycles. The SMILES string of the molecule is CC(CC(N)=O)=NNC(=O)CCC(=O)Nc1cc(C)ccc1C. The Labute approximate surface area is 135 Å². The summed E-state index contributed by atoms with van der Waals surface area (Å²) in [5, 5.41) is 6.52. The average Bonchev–Trinajstić information content (AvgIpc) is 2.46. The van der Waals surface area contributed by atoms with Crippen molar-refractivity contribution < 1.29 is 14.4 Å². The Balaban J connectivity index is 2.42. The maximum atomic E-state index is 11.9. The van der Waals surface area contributed by atoms with Gasteiger partial charge in [-0.15, -0.1) is 0 Å². The fourth-order valence-electron chi connectivity index (χ4n) is 1.82. The van der Waals surface area contributed by atoms with Crippen LogP contribution in [0.3, 0.4) is 0 Å². The Morgan fingerprint density at radius 3 is 2.43 bits per heavy atom. The number of carbonyl (C=O) groups is 3.